The fourth-order valence-electron chi connectivity index (χ4n) is 3.32. The molecule has 1 aliphatic rings. The molecule has 1 aromatic carbocycles. The second-order valence-corrected chi connectivity index (χ2v) is 8.77. The number of allylic oxidation sites excluding steroid dienone is 1. The SMILES string of the molecule is CCOC(=O)C1(c2ccccc2)CCC=CC1N(C)C(=O)OCC(Cl)(Cl)Cl. The lowest BCUT2D eigenvalue weighted by Gasteiger charge is -2.43. The first-order valence-corrected chi connectivity index (χ1v) is 9.71. The van der Waals surface area contributed by atoms with Gasteiger partial charge in [0.1, 0.15) is 12.0 Å². The number of nitrogens with zero attached hydrogens (tertiary/aromatic N) is 1. The number of alkyl halides is 3. The number of rotatable bonds is 5. The summed E-state index contributed by atoms with van der Waals surface area (Å²) in [5.41, 5.74) is -0.265. The Balaban J connectivity index is 2.40. The fraction of sp³-hybridized carbons (Fsp3) is 0.474. The number of hydrogen-bond acceptors (Lipinski definition) is 4. The third kappa shape index (κ3) is 5.09. The van der Waals surface area contributed by atoms with Gasteiger partial charge >= 0.3 is 12.1 Å². The minimum Gasteiger partial charge on any atom is -0.465 e. The maximum absolute atomic E-state index is 13.1. The minimum absolute atomic E-state index is 0.241. The summed E-state index contributed by atoms with van der Waals surface area (Å²) in [4.78, 5) is 27.0. The van der Waals surface area contributed by atoms with Gasteiger partial charge in [-0.2, -0.15) is 0 Å². The van der Waals surface area contributed by atoms with Gasteiger partial charge in [0, 0.05) is 7.05 Å². The maximum atomic E-state index is 13.1. The third-order valence-corrected chi connectivity index (χ3v) is 4.85. The number of carbonyl (C=O) groups is 2. The molecule has 0 bridgehead atoms. The van der Waals surface area contributed by atoms with Gasteiger partial charge in [0.25, 0.3) is 0 Å². The van der Waals surface area contributed by atoms with Gasteiger partial charge in [-0.25, -0.2) is 4.79 Å². The summed E-state index contributed by atoms with van der Waals surface area (Å²) < 4.78 is 8.78. The van der Waals surface area contributed by atoms with E-state index < -0.39 is 27.9 Å². The van der Waals surface area contributed by atoms with Crippen LogP contribution in [0.2, 0.25) is 0 Å². The topological polar surface area (TPSA) is 55.8 Å². The van der Waals surface area contributed by atoms with Crippen LogP contribution in [0.5, 0.6) is 0 Å². The Morgan fingerprint density at radius 2 is 1.89 bits per heavy atom. The average Bonchev–Trinajstić information content (AvgIpc) is 2.65. The monoisotopic (exact) mass is 433 g/mol. The maximum Gasteiger partial charge on any atom is 0.410 e. The first kappa shape index (κ1) is 21.9. The summed E-state index contributed by atoms with van der Waals surface area (Å²) >= 11 is 17.0. The second kappa shape index (κ2) is 9.18. The smallest absolute Gasteiger partial charge is 0.410 e. The summed E-state index contributed by atoms with van der Waals surface area (Å²) in [6.45, 7) is 1.60. The van der Waals surface area contributed by atoms with Crippen LogP contribution >= 0.6 is 34.8 Å². The van der Waals surface area contributed by atoms with Gasteiger partial charge in [-0.1, -0.05) is 77.3 Å². The molecule has 8 heteroatoms. The van der Waals surface area contributed by atoms with Crippen LogP contribution in [0.4, 0.5) is 4.79 Å². The van der Waals surface area contributed by atoms with E-state index in [0.29, 0.717) is 12.8 Å². The molecule has 2 rings (SSSR count). The molecule has 0 fully saturated rings. The Hall–Kier alpha value is -1.43. The molecular weight excluding hydrogens is 413 g/mol. The Bertz CT molecular complexity index is 690. The van der Waals surface area contributed by atoms with Gasteiger partial charge in [-0.3, -0.25) is 4.79 Å². The molecule has 148 valence electrons. The van der Waals surface area contributed by atoms with E-state index in [0.717, 1.165) is 5.56 Å². The summed E-state index contributed by atoms with van der Waals surface area (Å²) in [6, 6.07) is 8.71. The predicted octanol–water partition coefficient (Wildman–Crippen LogP) is 4.64. The first-order chi connectivity index (χ1) is 12.7. The molecular formula is C19H22Cl3NO4. The molecule has 5 nitrogen and oxygen atoms in total. The lowest BCUT2D eigenvalue weighted by Crippen LogP contribution is -2.56. The van der Waals surface area contributed by atoms with Crippen molar-refractivity contribution in [1.29, 1.82) is 0 Å². The summed E-state index contributed by atoms with van der Waals surface area (Å²) in [7, 11) is 1.55. The van der Waals surface area contributed by atoms with E-state index >= 15 is 0 Å². The van der Waals surface area contributed by atoms with Crippen LogP contribution in [0.15, 0.2) is 42.5 Å². The van der Waals surface area contributed by atoms with E-state index in [1.54, 1.807) is 14.0 Å². The zero-order chi connectivity index (χ0) is 20.1. The molecule has 0 aliphatic heterocycles. The number of halogens is 3. The van der Waals surface area contributed by atoms with Crippen LogP contribution in [-0.2, 0) is 19.7 Å². The molecule has 0 N–H and O–H groups in total. The normalized spacial score (nSPS) is 22.2. The van der Waals surface area contributed by atoms with E-state index in [4.69, 9.17) is 44.3 Å². The van der Waals surface area contributed by atoms with Crippen molar-refractivity contribution >= 4 is 46.9 Å². The van der Waals surface area contributed by atoms with Gasteiger partial charge < -0.3 is 14.4 Å². The number of esters is 1. The molecule has 1 amide bonds. The van der Waals surface area contributed by atoms with Crippen LogP contribution in [0.25, 0.3) is 0 Å². The highest BCUT2D eigenvalue weighted by molar-refractivity contribution is 6.67. The van der Waals surface area contributed by atoms with Crippen molar-refractivity contribution in [2.24, 2.45) is 0 Å². The molecule has 0 radical (unpaired) electrons. The van der Waals surface area contributed by atoms with E-state index in [-0.39, 0.29) is 12.6 Å². The molecule has 0 saturated heterocycles. The quantitative estimate of drug-likeness (QED) is 0.385. The molecule has 0 spiro atoms. The Kier molecular flexibility index (Phi) is 7.43. The predicted molar refractivity (Wildman–Crippen MR) is 106 cm³/mol. The Morgan fingerprint density at radius 1 is 1.22 bits per heavy atom. The van der Waals surface area contributed by atoms with Crippen molar-refractivity contribution in [2.75, 3.05) is 20.3 Å². The van der Waals surface area contributed by atoms with Crippen molar-refractivity contribution in [3.8, 4) is 0 Å². The lowest BCUT2D eigenvalue weighted by molar-refractivity contribution is -0.152. The van der Waals surface area contributed by atoms with Gasteiger partial charge in [-0.15, -0.1) is 0 Å². The first-order valence-electron chi connectivity index (χ1n) is 8.58. The third-order valence-electron chi connectivity index (χ3n) is 4.52. The average molecular weight is 435 g/mol. The van der Waals surface area contributed by atoms with Crippen molar-refractivity contribution in [1.82, 2.24) is 4.90 Å². The summed E-state index contributed by atoms with van der Waals surface area (Å²) in [5.74, 6) is -0.383. The Morgan fingerprint density at radius 3 is 2.48 bits per heavy atom. The highest BCUT2D eigenvalue weighted by atomic mass is 35.6. The Labute approximate surface area is 174 Å². The van der Waals surface area contributed by atoms with E-state index in [2.05, 4.69) is 0 Å². The van der Waals surface area contributed by atoms with E-state index in [9.17, 15) is 9.59 Å². The highest BCUT2D eigenvalue weighted by Crippen LogP contribution is 2.40. The van der Waals surface area contributed by atoms with Gasteiger partial charge in [0.05, 0.1) is 12.6 Å². The lowest BCUT2D eigenvalue weighted by atomic mass is 9.68. The van der Waals surface area contributed by atoms with Gasteiger partial charge in [-0.05, 0) is 25.3 Å². The molecule has 2 unspecified atom stereocenters. The number of carbonyl (C=O) groups excluding carboxylic acids is 2. The van der Waals surface area contributed by atoms with Crippen LogP contribution in [-0.4, -0.2) is 47.1 Å². The second-order valence-electron chi connectivity index (χ2n) is 6.25. The zero-order valence-corrected chi connectivity index (χ0v) is 17.4. The zero-order valence-electron chi connectivity index (χ0n) is 15.2. The molecule has 1 aromatic rings. The molecule has 0 heterocycles. The van der Waals surface area contributed by atoms with Gasteiger partial charge in [0.15, 0.2) is 0 Å². The van der Waals surface area contributed by atoms with Crippen LogP contribution in [0.1, 0.15) is 25.3 Å². The van der Waals surface area contributed by atoms with Crippen molar-refractivity contribution in [3.05, 3.63) is 48.0 Å². The summed E-state index contributed by atoms with van der Waals surface area (Å²) in [5, 5.41) is 0. The standard InChI is InChI=1S/C19H22Cl3NO4/c1-3-26-16(24)18(14-9-5-4-6-10-14)12-8-7-11-15(18)23(2)17(25)27-13-19(20,21)22/h4-7,9-11,15H,3,8,12-13H2,1-2H3. The number of ether oxygens (including phenoxy) is 2. The van der Waals surface area contributed by atoms with Gasteiger partial charge in [0.2, 0.25) is 3.79 Å². The number of hydrogen-bond donors (Lipinski definition) is 0. The minimum atomic E-state index is -1.71. The van der Waals surface area contributed by atoms with Crippen molar-refractivity contribution < 1.29 is 19.1 Å². The van der Waals surface area contributed by atoms with Crippen LogP contribution in [0, 0.1) is 0 Å². The fourth-order valence-corrected chi connectivity index (χ4v) is 3.48. The van der Waals surface area contributed by atoms with E-state index in [1.165, 1.54) is 4.90 Å². The molecule has 2 atom stereocenters. The molecule has 0 aromatic heterocycles. The number of amides is 1. The summed E-state index contributed by atoms with van der Waals surface area (Å²) in [6.07, 6.45) is 4.25. The van der Waals surface area contributed by atoms with Crippen LogP contribution < -0.4 is 0 Å². The largest absolute Gasteiger partial charge is 0.465 e. The van der Waals surface area contributed by atoms with Crippen molar-refractivity contribution in [3.63, 3.8) is 0 Å². The highest BCUT2D eigenvalue weighted by Gasteiger charge is 2.51. The number of benzene rings is 1. The molecule has 1 aliphatic carbocycles. The molecule has 0 saturated carbocycles. The van der Waals surface area contributed by atoms with Crippen molar-refractivity contribution in [2.45, 2.75) is 35.0 Å². The number of likely N-dealkylation sites (N-methyl/N-ethyl adjacent to an activating group) is 1. The van der Waals surface area contributed by atoms with Crippen LogP contribution in [0.3, 0.4) is 0 Å². The molecule has 27 heavy (non-hydrogen) atoms. The van der Waals surface area contributed by atoms with E-state index in [1.807, 2.05) is 42.5 Å².